The van der Waals surface area contributed by atoms with E-state index in [4.69, 9.17) is 0 Å². The Kier molecular flexibility index (Phi) is 4.44. The number of benzene rings is 1. The predicted molar refractivity (Wildman–Crippen MR) is 72.3 cm³/mol. The van der Waals surface area contributed by atoms with E-state index in [0.29, 0.717) is 6.04 Å². The van der Waals surface area contributed by atoms with Crippen molar-refractivity contribution in [3.63, 3.8) is 0 Å². The van der Waals surface area contributed by atoms with Gasteiger partial charge in [-0.05, 0) is 11.1 Å². The Balaban J connectivity index is 1.99. The summed E-state index contributed by atoms with van der Waals surface area (Å²) in [6, 6.07) is 9.03. The average molecular weight is 255 g/mol. The molecule has 1 heterocycles. The Morgan fingerprint density at radius 1 is 1.50 bits per heavy atom. The van der Waals surface area contributed by atoms with Crippen LogP contribution in [0.25, 0.3) is 0 Å². The zero-order valence-corrected chi connectivity index (χ0v) is 11.1. The molecule has 0 amide bonds. The summed E-state index contributed by atoms with van der Waals surface area (Å²) in [5, 5.41) is 3.50. The maximum absolute atomic E-state index is 11.0. The van der Waals surface area contributed by atoms with Gasteiger partial charge in [-0.2, -0.15) is 11.8 Å². The first-order chi connectivity index (χ1) is 7.77. The predicted octanol–water partition coefficient (Wildman–Crippen LogP) is 1.94. The Morgan fingerprint density at radius 2 is 2.31 bits per heavy atom. The maximum atomic E-state index is 11.0. The van der Waals surface area contributed by atoms with E-state index in [-0.39, 0.29) is 0 Å². The summed E-state index contributed by atoms with van der Waals surface area (Å²) in [5.74, 6) is 2.98. The second kappa shape index (κ2) is 5.84. The maximum Gasteiger partial charge on any atom is 0.0415 e. The molecule has 1 aliphatic rings. The molecule has 2 unspecified atom stereocenters. The van der Waals surface area contributed by atoms with E-state index < -0.39 is 10.8 Å². The first-order valence-electron chi connectivity index (χ1n) is 5.46. The number of fused-ring (bicyclic) bond motifs is 1. The molecule has 16 heavy (non-hydrogen) atoms. The number of rotatable bonds is 4. The molecule has 1 aromatic carbocycles. The molecule has 1 aliphatic heterocycles. The third-order valence-corrected chi connectivity index (χ3v) is 4.62. The summed E-state index contributed by atoms with van der Waals surface area (Å²) in [6.45, 7) is 0.836. The van der Waals surface area contributed by atoms with Crippen LogP contribution in [0.3, 0.4) is 0 Å². The quantitative estimate of drug-likeness (QED) is 0.891. The average Bonchev–Trinajstić information content (AvgIpc) is 2.29. The van der Waals surface area contributed by atoms with Gasteiger partial charge in [0.2, 0.25) is 0 Å². The van der Waals surface area contributed by atoms with Crippen LogP contribution < -0.4 is 5.32 Å². The highest BCUT2D eigenvalue weighted by atomic mass is 32.2. The van der Waals surface area contributed by atoms with Gasteiger partial charge >= 0.3 is 0 Å². The second-order valence-electron chi connectivity index (χ2n) is 4.00. The fourth-order valence-corrected chi connectivity index (χ4v) is 3.47. The van der Waals surface area contributed by atoms with Gasteiger partial charge in [0.1, 0.15) is 0 Å². The van der Waals surface area contributed by atoms with Crippen molar-refractivity contribution >= 4 is 22.6 Å². The molecule has 0 aromatic heterocycles. The van der Waals surface area contributed by atoms with Crippen LogP contribution in [0.5, 0.6) is 0 Å². The lowest BCUT2D eigenvalue weighted by Crippen LogP contribution is -2.29. The van der Waals surface area contributed by atoms with E-state index in [1.165, 1.54) is 11.1 Å². The van der Waals surface area contributed by atoms with Crippen molar-refractivity contribution in [1.82, 2.24) is 5.32 Å². The SMILES string of the molecule is CS(=O)CCNC1CSCc2ccccc21. The number of thioether (sulfide) groups is 1. The minimum Gasteiger partial charge on any atom is -0.308 e. The highest BCUT2D eigenvalue weighted by Gasteiger charge is 2.19. The molecule has 0 saturated heterocycles. The van der Waals surface area contributed by atoms with Crippen LogP contribution in [0.4, 0.5) is 0 Å². The van der Waals surface area contributed by atoms with Crippen LogP contribution in [0.15, 0.2) is 24.3 Å². The van der Waals surface area contributed by atoms with Crippen LogP contribution in [-0.4, -0.2) is 28.5 Å². The van der Waals surface area contributed by atoms with E-state index in [0.717, 1.165) is 23.8 Å². The van der Waals surface area contributed by atoms with Crippen molar-refractivity contribution in [2.24, 2.45) is 0 Å². The molecule has 1 aromatic rings. The summed E-state index contributed by atoms with van der Waals surface area (Å²) in [7, 11) is -0.697. The van der Waals surface area contributed by atoms with E-state index in [1.54, 1.807) is 6.26 Å². The normalized spacial score (nSPS) is 21.4. The lowest BCUT2D eigenvalue weighted by molar-refractivity contribution is 0.597. The van der Waals surface area contributed by atoms with Crippen molar-refractivity contribution < 1.29 is 4.21 Å². The standard InChI is InChI=1S/C12H17NOS2/c1-16(14)7-6-13-12-9-15-8-10-4-2-3-5-11(10)12/h2-5,12-13H,6-9H2,1H3. The third-order valence-electron chi connectivity index (χ3n) is 2.75. The summed E-state index contributed by atoms with van der Waals surface area (Å²) in [5.41, 5.74) is 2.86. The first kappa shape index (κ1) is 12.1. The van der Waals surface area contributed by atoms with Gasteiger partial charge in [0.15, 0.2) is 0 Å². The van der Waals surface area contributed by atoms with Crippen LogP contribution in [0.1, 0.15) is 17.2 Å². The van der Waals surface area contributed by atoms with Gasteiger partial charge in [0.05, 0.1) is 0 Å². The zero-order chi connectivity index (χ0) is 11.4. The molecule has 2 atom stereocenters. The summed E-state index contributed by atoms with van der Waals surface area (Å²) in [6.07, 6.45) is 1.76. The molecule has 2 nitrogen and oxygen atoms in total. The summed E-state index contributed by atoms with van der Waals surface area (Å²) in [4.78, 5) is 0. The molecule has 0 spiro atoms. The van der Waals surface area contributed by atoms with E-state index in [1.807, 2.05) is 11.8 Å². The van der Waals surface area contributed by atoms with Crippen LogP contribution >= 0.6 is 11.8 Å². The Bertz CT molecular complexity index is 381. The van der Waals surface area contributed by atoms with Crippen LogP contribution in [0, 0.1) is 0 Å². The fourth-order valence-electron chi connectivity index (χ4n) is 1.93. The molecule has 0 bridgehead atoms. The smallest absolute Gasteiger partial charge is 0.0415 e. The molecule has 0 aliphatic carbocycles. The van der Waals surface area contributed by atoms with Gasteiger partial charge in [-0.1, -0.05) is 24.3 Å². The highest BCUT2D eigenvalue weighted by Crippen LogP contribution is 2.31. The molecular formula is C12H17NOS2. The number of nitrogens with one attached hydrogen (secondary N) is 1. The van der Waals surface area contributed by atoms with E-state index >= 15 is 0 Å². The van der Waals surface area contributed by atoms with Crippen molar-refractivity contribution in [2.75, 3.05) is 24.3 Å². The lowest BCUT2D eigenvalue weighted by atomic mass is 10.0. The van der Waals surface area contributed by atoms with Crippen molar-refractivity contribution in [2.45, 2.75) is 11.8 Å². The fraction of sp³-hybridized carbons (Fsp3) is 0.500. The molecule has 88 valence electrons. The Labute approximate surface area is 104 Å². The van der Waals surface area contributed by atoms with Crippen LogP contribution in [-0.2, 0) is 16.6 Å². The van der Waals surface area contributed by atoms with E-state index in [2.05, 4.69) is 29.6 Å². The van der Waals surface area contributed by atoms with Gasteiger partial charge in [0, 0.05) is 46.9 Å². The monoisotopic (exact) mass is 255 g/mol. The van der Waals surface area contributed by atoms with Crippen LogP contribution in [0.2, 0.25) is 0 Å². The topological polar surface area (TPSA) is 29.1 Å². The molecule has 2 rings (SSSR count). The molecule has 4 heteroatoms. The molecule has 1 N–H and O–H groups in total. The zero-order valence-electron chi connectivity index (χ0n) is 9.44. The van der Waals surface area contributed by atoms with Crippen molar-refractivity contribution in [1.29, 1.82) is 0 Å². The Hall–Kier alpha value is -0.320. The highest BCUT2D eigenvalue weighted by molar-refractivity contribution is 7.98. The summed E-state index contributed by atoms with van der Waals surface area (Å²) >= 11 is 1.97. The third kappa shape index (κ3) is 3.09. The first-order valence-corrected chi connectivity index (χ1v) is 8.34. The number of hydrogen-bond donors (Lipinski definition) is 1. The molecule has 0 fully saturated rings. The molecule has 0 saturated carbocycles. The summed E-state index contributed by atoms with van der Waals surface area (Å²) < 4.78 is 11.0. The lowest BCUT2D eigenvalue weighted by Gasteiger charge is -2.26. The van der Waals surface area contributed by atoms with Gasteiger partial charge in [-0.3, -0.25) is 4.21 Å². The van der Waals surface area contributed by atoms with Gasteiger partial charge in [-0.15, -0.1) is 0 Å². The van der Waals surface area contributed by atoms with Gasteiger partial charge < -0.3 is 5.32 Å². The molecule has 0 radical (unpaired) electrons. The van der Waals surface area contributed by atoms with E-state index in [9.17, 15) is 4.21 Å². The van der Waals surface area contributed by atoms with Crippen molar-refractivity contribution in [3.05, 3.63) is 35.4 Å². The van der Waals surface area contributed by atoms with Crippen molar-refractivity contribution in [3.8, 4) is 0 Å². The number of hydrogen-bond acceptors (Lipinski definition) is 3. The minimum absolute atomic E-state index is 0.429. The Morgan fingerprint density at radius 3 is 3.12 bits per heavy atom. The largest absolute Gasteiger partial charge is 0.308 e. The molecular weight excluding hydrogens is 238 g/mol. The second-order valence-corrected chi connectivity index (χ2v) is 6.58. The van der Waals surface area contributed by atoms with Gasteiger partial charge in [0.25, 0.3) is 0 Å². The minimum atomic E-state index is -0.697. The van der Waals surface area contributed by atoms with Gasteiger partial charge in [-0.25, -0.2) is 0 Å².